The van der Waals surface area contributed by atoms with Crippen LogP contribution in [-0.4, -0.2) is 37.7 Å². The Kier molecular flexibility index (Phi) is 6.15. The molecular weight excluding hydrogens is 487 g/mol. The maximum atomic E-state index is 14.6. The predicted molar refractivity (Wildman–Crippen MR) is 137 cm³/mol. The molecular formula is C31H23FO6. The third-order valence-corrected chi connectivity index (χ3v) is 7.38. The van der Waals surface area contributed by atoms with Crippen LogP contribution >= 0.6 is 0 Å². The number of hydrogen-bond acceptors (Lipinski definition) is 6. The van der Waals surface area contributed by atoms with Gasteiger partial charge in [-0.2, -0.15) is 0 Å². The number of methoxy groups -OCH3 is 2. The van der Waals surface area contributed by atoms with E-state index in [1.807, 2.05) is 0 Å². The lowest BCUT2D eigenvalue weighted by atomic mass is 9.58. The van der Waals surface area contributed by atoms with E-state index in [1.165, 1.54) is 24.3 Å². The first-order chi connectivity index (χ1) is 18.3. The van der Waals surface area contributed by atoms with Crippen LogP contribution in [0.5, 0.6) is 0 Å². The highest BCUT2D eigenvalue weighted by atomic mass is 19.1. The number of hydrogen-bond donors (Lipinski definition) is 0. The zero-order chi connectivity index (χ0) is 27.1. The molecule has 5 rings (SSSR count). The molecule has 7 heteroatoms. The summed E-state index contributed by atoms with van der Waals surface area (Å²) in [5.74, 6) is -3.87. The normalized spacial score (nSPS) is 23.5. The van der Waals surface area contributed by atoms with Crippen LogP contribution in [0.1, 0.15) is 23.1 Å². The Bertz CT molecular complexity index is 1540. The molecule has 38 heavy (non-hydrogen) atoms. The first kappa shape index (κ1) is 25.0. The molecule has 0 aromatic heterocycles. The lowest BCUT2D eigenvalue weighted by Crippen LogP contribution is -2.51. The lowest BCUT2D eigenvalue weighted by molar-refractivity contribution is -0.156. The number of benzene rings is 3. The maximum Gasteiger partial charge on any atom is 0.341 e. The Labute approximate surface area is 218 Å². The second-order valence-corrected chi connectivity index (χ2v) is 9.16. The summed E-state index contributed by atoms with van der Waals surface area (Å²) in [6.07, 6.45) is 1.04. The van der Waals surface area contributed by atoms with E-state index in [4.69, 9.17) is 9.47 Å². The van der Waals surface area contributed by atoms with Crippen LogP contribution in [0.15, 0.2) is 96.1 Å². The molecule has 0 aliphatic heterocycles. The van der Waals surface area contributed by atoms with E-state index in [0.717, 1.165) is 14.2 Å². The summed E-state index contributed by atoms with van der Waals surface area (Å²) in [6.45, 7) is 0. The zero-order valence-corrected chi connectivity index (χ0v) is 20.7. The highest BCUT2D eigenvalue weighted by Gasteiger charge is 2.77. The number of carbonyl (C=O) groups is 4. The Morgan fingerprint density at radius 2 is 1.53 bits per heavy atom. The fourth-order valence-electron chi connectivity index (χ4n) is 5.97. The van der Waals surface area contributed by atoms with E-state index in [0.29, 0.717) is 11.1 Å². The number of ketones is 2. The van der Waals surface area contributed by atoms with Crippen molar-refractivity contribution in [3.05, 3.63) is 119 Å². The van der Waals surface area contributed by atoms with Gasteiger partial charge in [-0.15, -0.1) is 0 Å². The Morgan fingerprint density at radius 3 is 2.13 bits per heavy atom. The van der Waals surface area contributed by atoms with Crippen LogP contribution in [0.25, 0.3) is 11.6 Å². The number of esters is 2. The second kappa shape index (κ2) is 9.34. The summed E-state index contributed by atoms with van der Waals surface area (Å²) in [6, 6.07) is 22.8. The molecule has 6 nitrogen and oxygen atoms in total. The molecule has 2 aliphatic rings. The molecule has 2 atom stereocenters. The smallest absolute Gasteiger partial charge is 0.341 e. The largest absolute Gasteiger partial charge is 0.468 e. The van der Waals surface area contributed by atoms with Crippen molar-refractivity contribution in [2.45, 2.75) is 11.8 Å². The van der Waals surface area contributed by atoms with Gasteiger partial charge >= 0.3 is 11.9 Å². The van der Waals surface area contributed by atoms with Crippen molar-refractivity contribution >= 4 is 35.2 Å². The van der Waals surface area contributed by atoms with Gasteiger partial charge in [0.1, 0.15) is 11.4 Å². The van der Waals surface area contributed by atoms with Crippen LogP contribution in [-0.2, 0) is 34.1 Å². The van der Waals surface area contributed by atoms with Gasteiger partial charge in [0.15, 0.2) is 17.0 Å². The molecule has 0 bridgehead atoms. The van der Waals surface area contributed by atoms with Crippen molar-refractivity contribution in [2.75, 3.05) is 14.2 Å². The molecule has 190 valence electrons. The first-order valence-electron chi connectivity index (χ1n) is 11.9. The topological polar surface area (TPSA) is 86.7 Å². The molecule has 2 aliphatic carbocycles. The van der Waals surface area contributed by atoms with E-state index >= 15 is 0 Å². The Balaban J connectivity index is 1.97. The highest BCUT2D eigenvalue weighted by Crippen LogP contribution is 2.68. The summed E-state index contributed by atoms with van der Waals surface area (Å²) < 4.78 is 24.4. The average Bonchev–Trinajstić information content (AvgIpc) is 3.33. The SMILES string of the molecule is COC(=O)C1=C(c2ccccc2)[C@@]2(c3ccccc3)CC(=O)/C(=C\c3cccc(F)c3)[C@@]2(C(=O)OC)C1=O. The van der Waals surface area contributed by atoms with Crippen LogP contribution in [0.4, 0.5) is 4.39 Å². The summed E-state index contributed by atoms with van der Waals surface area (Å²) in [5.41, 5.74) is -2.92. The number of fused-ring (bicyclic) bond motifs is 1. The third kappa shape index (κ3) is 3.31. The fraction of sp³-hybridized carbons (Fsp3) is 0.161. The van der Waals surface area contributed by atoms with E-state index in [9.17, 15) is 23.6 Å². The number of allylic oxidation sites excluding steroid dienone is 1. The molecule has 1 saturated carbocycles. The van der Waals surface area contributed by atoms with Gasteiger partial charge in [0.25, 0.3) is 0 Å². The lowest BCUT2D eigenvalue weighted by Gasteiger charge is -2.39. The van der Waals surface area contributed by atoms with E-state index in [-0.39, 0.29) is 28.7 Å². The van der Waals surface area contributed by atoms with Gasteiger partial charge in [0.2, 0.25) is 0 Å². The van der Waals surface area contributed by atoms with E-state index in [2.05, 4.69) is 0 Å². The zero-order valence-electron chi connectivity index (χ0n) is 20.7. The van der Waals surface area contributed by atoms with E-state index < -0.39 is 40.2 Å². The predicted octanol–water partition coefficient (Wildman–Crippen LogP) is 4.49. The molecule has 3 aromatic rings. The number of Topliss-reactive ketones (excluding diaryl/α,β-unsaturated/α-hetero) is 2. The molecule has 0 unspecified atom stereocenters. The quantitative estimate of drug-likeness (QED) is 0.218. The molecule has 0 N–H and O–H groups in total. The van der Waals surface area contributed by atoms with Gasteiger partial charge < -0.3 is 9.47 Å². The second-order valence-electron chi connectivity index (χ2n) is 9.16. The maximum absolute atomic E-state index is 14.6. The van der Waals surface area contributed by atoms with E-state index in [1.54, 1.807) is 66.7 Å². The molecule has 0 heterocycles. The highest BCUT2D eigenvalue weighted by molar-refractivity contribution is 6.40. The summed E-state index contributed by atoms with van der Waals surface area (Å²) >= 11 is 0. The summed E-state index contributed by atoms with van der Waals surface area (Å²) in [5, 5.41) is 0. The van der Waals surface area contributed by atoms with Crippen molar-refractivity contribution < 1.29 is 33.0 Å². The van der Waals surface area contributed by atoms with Gasteiger partial charge in [0, 0.05) is 12.0 Å². The minimum Gasteiger partial charge on any atom is -0.468 e. The molecule has 0 saturated heterocycles. The van der Waals surface area contributed by atoms with Crippen LogP contribution in [0.3, 0.4) is 0 Å². The summed E-state index contributed by atoms with van der Waals surface area (Å²) in [4.78, 5) is 55.7. The van der Waals surface area contributed by atoms with Crippen molar-refractivity contribution in [1.29, 1.82) is 0 Å². The van der Waals surface area contributed by atoms with Crippen LogP contribution < -0.4 is 0 Å². The van der Waals surface area contributed by atoms with Crippen molar-refractivity contribution in [2.24, 2.45) is 5.41 Å². The van der Waals surface area contributed by atoms with Crippen molar-refractivity contribution in [3.63, 3.8) is 0 Å². The molecule has 0 spiro atoms. The molecule has 1 fully saturated rings. The van der Waals surface area contributed by atoms with Gasteiger partial charge in [-0.3, -0.25) is 14.4 Å². The molecule has 0 radical (unpaired) electrons. The first-order valence-corrected chi connectivity index (χ1v) is 11.9. The number of carbonyl (C=O) groups excluding carboxylic acids is 4. The number of rotatable bonds is 5. The molecule has 3 aromatic carbocycles. The standard InChI is InChI=1S/C31H23FO6/c1-37-28(35)25-26(20-11-5-3-6-12-20)30(21-13-7-4-8-14-21)18-24(33)23(17-19-10-9-15-22(32)16-19)31(30,27(25)34)29(36)38-2/h3-17H,18H2,1-2H3/b23-17+/t30-,31-/m0/s1. The monoisotopic (exact) mass is 510 g/mol. The van der Waals surface area contributed by atoms with Crippen molar-refractivity contribution in [1.82, 2.24) is 0 Å². The third-order valence-electron chi connectivity index (χ3n) is 7.38. The van der Waals surface area contributed by atoms with Crippen LogP contribution in [0.2, 0.25) is 0 Å². The molecule has 0 amide bonds. The fourth-order valence-corrected chi connectivity index (χ4v) is 5.97. The Morgan fingerprint density at radius 1 is 0.868 bits per heavy atom. The van der Waals surface area contributed by atoms with Gasteiger partial charge in [-0.1, -0.05) is 72.8 Å². The minimum atomic E-state index is -2.25. The Hall–Kier alpha value is -4.65. The number of ether oxygens (including phenoxy) is 2. The number of halogens is 1. The average molecular weight is 511 g/mol. The van der Waals surface area contributed by atoms with Gasteiger partial charge in [-0.25, -0.2) is 9.18 Å². The van der Waals surface area contributed by atoms with Gasteiger partial charge in [-0.05, 0) is 40.5 Å². The summed E-state index contributed by atoms with van der Waals surface area (Å²) in [7, 11) is 2.27. The van der Waals surface area contributed by atoms with Gasteiger partial charge in [0.05, 0.1) is 19.6 Å². The minimum absolute atomic E-state index is 0.170. The van der Waals surface area contributed by atoms with Crippen LogP contribution in [0, 0.1) is 11.2 Å². The van der Waals surface area contributed by atoms with Crippen molar-refractivity contribution in [3.8, 4) is 0 Å².